The minimum atomic E-state index is 0.0318. The third-order valence-corrected chi connectivity index (χ3v) is 4.06. The van der Waals surface area contributed by atoms with Crippen LogP contribution in [0.2, 0.25) is 0 Å². The average molecular weight is 244 g/mol. The van der Waals surface area contributed by atoms with Crippen molar-refractivity contribution in [1.82, 2.24) is 5.43 Å². The maximum absolute atomic E-state index is 6.02. The highest BCUT2D eigenvalue weighted by Gasteiger charge is 2.41. The molecule has 2 atom stereocenters. The van der Waals surface area contributed by atoms with E-state index in [2.05, 4.69) is 5.43 Å². The molecule has 0 aromatic carbocycles. The molecular formula is C12H24N2O3. The number of methoxy groups -OCH3 is 1. The molecule has 0 aromatic heterocycles. The van der Waals surface area contributed by atoms with Crippen molar-refractivity contribution >= 4 is 0 Å². The molecule has 2 fully saturated rings. The summed E-state index contributed by atoms with van der Waals surface area (Å²) in [5.74, 6) is 6.15. The fraction of sp³-hybridized carbons (Fsp3) is 1.00. The monoisotopic (exact) mass is 244 g/mol. The number of ether oxygens (including phenoxy) is 3. The van der Waals surface area contributed by atoms with E-state index in [0.717, 1.165) is 45.5 Å². The Morgan fingerprint density at radius 3 is 2.82 bits per heavy atom. The van der Waals surface area contributed by atoms with Gasteiger partial charge >= 0.3 is 0 Å². The average Bonchev–Trinajstić information content (AvgIpc) is 2.37. The highest BCUT2D eigenvalue weighted by molar-refractivity contribution is 4.92. The SMILES string of the molecule is COCC(NN)C1CCOC2(CCOCC2)C1. The fourth-order valence-electron chi connectivity index (χ4n) is 3.00. The van der Waals surface area contributed by atoms with Gasteiger partial charge in [-0.1, -0.05) is 0 Å². The van der Waals surface area contributed by atoms with Crippen molar-refractivity contribution < 1.29 is 14.2 Å². The van der Waals surface area contributed by atoms with Gasteiger partial charge < -0.3 is 14.2 Å². The molecule has 0 aliphatic carbocycles. The molecule has 3 N–H and O–H groups in total. The number of nitrogens with one attached hydrogen (secondary N) is 1. The van der Waals surface area contributed by atoms with Crippen LogP contribution in [-0.2, 0) is 14.2 Å². The summed E-state index contributed by atoms with van der Waals surface area (Å²) >= 11 is 0. The van der Waals surface area contributed by atoms with Crippen LogP contribution in [-0.4, -0.2) is 45.2 Å². The van der Waals surface area contributed by atoms with Gasteiger partial charge in [0.25, 0.3) is 0 Å². The van der Waals surface area contributed by atoms with Crippen molar-refractivity contribution in [2.45, 2.75) is 37.3 Å². The molecule has 2 heterocycles. The van der Waals surface area contributed by atoms with Crippen LogP contribution in [0.1, 0.15) is 25.7 Å². The first-order valence-corrected chi connectivity index (χ1v) is 6.46. The Morgan fingerprint density at radius 2 is 2.18 bits per heavy atom. The first kappa shape index (κ1) is 13.2. The normalized spacial score (nSPS) is 30.4. The summed E-state index contributed by atoms with van der Waals surface area (Å²) in [6, 6.07) is 0.226. The summed E-state index contributed by atoms with van der Waals surface area (Å²) in [6.07, 6.45) is 4.14. The zero-order chi connectivity index (χ0) is 12.1. The van der Waals surface area contributed by atoms with Crippen LogP contribution in [0, 0.1) is 5.92 Å². The molecule has 5 heteroatoms. The lowest BCUT2D eigenvalue weighted by Crippen LogP contribution is -2.52. The highest BCUT2D eigenvalue weighted by atomic mass is 16.5. The summed E-state index contributed by atoms with van der Waals surface area (Å²) in [5.41, 5.74) is 2.91. The minimum absolute atomic E-state index is 0.0318. The Balaban J connectivity index is 1.95. The Bertz CT molecular complexity index is 226. The number of hydrazine groups is 1. The smallest absolute Gasteiger partial charge is 0.0729 e. The van der Waals surface area contributed by atoms with Gasteiger partial charge in [0.2, 0.25) is 0 Å². The van der Waals surface area contributed by atoms with Crippen molar-refractivity contribution in [2.75, 3.05) is 33.5 Å². The molecule has 2 saturated heterocycles. The molecule has 2 aliphatic heterocycles. The standard InChI is InChI=1S/C12H24N2O3/c1-15-9-11(14-13)10-2-5-17-12(8-10)3-6-16-7-4-12/h10-11,14H,2-9,13H2,1H3. The number of hydrogen-bond donors (Lipinski definition) is 2. The lowest BCUT2D eigenvalue weighted by molar-refractivity contribution is -0.151. The molecule has 0 aromatic rings. The van der Waals surface area contributed by atoms with E-state index in [1.165, 1.54) is 0 Å². The van der Waals surface area contributed by atoms with Gasteiger partial charge in [0.1, 0.15) is 0 Å². The van der Waals surface area contributed by atoms with Crippen LogP contribution in [0.25, 0.3) is 0 Å². The second-order valence-corrected chi connectivity index (χ2v) is 5.13. The van der Waals surface area contributed by atoms with Crippen molar-refractivity contribution in [2.24, 2.45) is 11.8 Å². The molecule has 2 unspecified atom stereocenters. The van der Waals surface area contributed by atoms with Crippen LogP contribution in [0.4, 0.5) is 0 Å². The van der Waals surface area contributed by atoms with E-state index in [4.69, 9.17) is 20.1 Å². The van der Waals surface area contributed by atoms with Crippen molar-refractivity contribution in [3.63, 3.8) is 0 Å². The number of nitrogens with two attached hydrogens (primary N) is 1. The van der Waals surface area contributed by atoms with E-state index >= 15 is 0 Å². The van der Waals surface area contributed by atoms with E-state index in [1.54, 1.807) is 7.11 Å². The second-order valence-electron chi connectivity index (χ2n) is 5.13. The maximum atomic E-state index is 6.02. The molecule has 17 heavy (non-hydrogen) atoms. The lowest BCUT2D eigenvalue weighted by atomic mass is 9.78. The Kier molecular flexibility index (Phi) is 4.76. The largest absolute Gasteiger partial charge is 0.383 e. The van der Waals surface area contributed by atoms with Gasteiger partial charge in [0.15, 0.2) is 0 Å². The highest BCUT2D eigenvalue weighted by Crippen LogP contribution is 2.38. The molecule has 0 bridgehead atoms. The topological polar surface area (TPSA) is 65.7 Å². The van der Waals surface area contributed by atoms with Gasteiger partial charge in [-0.15, -0.1) is 0 Å². The van der Waals surface area contributed by atoms with Crippen molar-refractivity contribution in [1.29, 1.82) is 0 Å². The van der Waals surface area contributed by atoms with E-state index in [-0.39, 0.29) is 11.6 Å². The van der Waals surface area contributed by atoms with Gasteiger partial charge in [-0.3, -0.25) is 11.3 Å². The molecule has 1 spiro atoms. The quantitative estimate of drug-likeness (QED) is 0.555. The zero-order valence-electron chi connectivity index (χ0n) is 10.6. The summed E-state index contributed by atoms with van der Waals surface area (Å²) in [5, 5.41) is 0. The lowest BCUT2D eigenvalue weighted by Gasteiger charge is -2.45. The Morgan fingerprint density at radius 1 is 1.41 bits per heavy atom. The second kappa shape index (κ2) is 6.11. The summed E-state index contributed by atoms with van der Waals surface area (Å²) in [7, 11) is 1.72. The third-order valence-electron chi connectivity index (χ3n) is 4.06. The molecule has 0 amide bonds. The van der Waals surface area contributed by atoms with Crippen LogP contribution < -0.4 is 11.3 Å². The summed E-state index contributed by atoms with van der Waals surface area (Å²) in [4.78, 5) is 0. The molecule has 0 saturated carbocycles. The van der Waals surface area contributed by atoms with Crippen molar-refractivity contribution in [3.05, 3.63) is 0 Å². The molecular weight excluding hydrogens is 220 g/mol. The van der Waals surface area contributed by atoms with Gasteiger partial charge in [-0.25, -0.2) is 0 Å². The van der Waals surface area contributed by atoms with E-state index in [0.29, 0.717) is 12.5 Å². The molecule has 2 rings (SSSR count). The van der Waals surface area contributed by atoms with Gasteiger partial charge in [0.05, 0.1) is 12.2 Å². The third kappa shape index (κ3) is 3.17. The fourth-order valence-corrected chi connectivity index (χ4v) is 3.00. The molecule has 5 nitrogen and oxygen atoms in total. The van der Waals surface area contributed by atoms with Gasteiger partial charge in [-0.05, 0) is 31.6 Å². The molecule has 100 valence electrons. The Hall–Kier alpha value is -0.200. The maximum Gasteiger partial charge on any atom is 0.0729 e. The predicted octanol–water partition coefficient (Wildman–Crippen LogP) is 0.441. The zero-order valence-corrected chi connectivity index (χ0v) is 10.6. The number of rotatable bonds is 4. The van der Waals surface area contributed by atoms with Crippen molar-refractivity contribution in [3.8, 4) is 0 Å². The predicted molar refractivity (Wildman–Crippen MR) is 64.4 cm³/mol. The first-order chi connectivity index (χ1) is 8.29. The molecule has 0 radical (unpaired) electrons. The van der Waals surface area contributed by atoms with Crippen LogP contribution in [0.3, 0.4) is 0 Å². The summed E-state index contributed by atoms with van der Waals surface area (Å²) < 4.78 is 16.7. The van der Waals surface area contributed by atoms with Crippen LogP contribution in [0.15, 0.2) is 0 Å². The van der Waals surface area contributed by atoms with Gasteiger partial charge in [0, 0.05) is 33.0 Å². The minimum Gasteiger partial charge on any atom is -0.383 e. The van der Waals surface area contributed by atoms with Crippen LogP contribution in [0.5, 0.6) is 0 Å². The Labute approximate surface area is 103 Å². The van der Waals surface area contributed by atoms with Gasteiger partial charge in [-0.2, -0.15) is 0 Å². The van der Waals surface area contributed by atoms with E-state index in [9.17, 15) is 0 Å². The van der Waals surface area contributed by atoms with E-state index < -0.39 is 0 Å². The summed E-state index contributed by atoms with van der Waals surface area (Å²) in [6.45, 7) is 3.12. The number of hydrogen-bond acceptors (Lipinski definition) is 5. The van der Waals surface area contributed by atoms with Crippen LogP contribution >= 0.6 is 0 Å². The first-order valence-electron chi connectivity index (χ1n) is 6.46. The van der Waals surface area contributed by atoms with E-state index in [1.807, 2.05) is 0 Å². The molecule has 2 aliphatic rings.